The molecule has 0 aliphatic heterocycles. The van der Waals surface area contributed by atoms with Crippen LogP contribution in [0, 0.1) is 0 Å². The number of methoxy groups -OCH3 is 2. The van der Waals surface area contributed by atoms with Gasteiger partial charge in [0.05, 0.1) is 26.4 Å². The molecule has 0 aliphatic carbocycles. The molecule has 2 aromatic rings. The Morgan fingerprint density at radius 3 is 2.09 bits per heavy atom. The second kappa shape index (κ2) is 9.13. The van der Waals surface area contributed by atoms with Crippen LogP contribution in [-0.2, 0) is 6.42 Å². The maximum atomic E-state index is 10.4. The molecule has 0 radical (unpaired) electrons. The van der Waals surface area contributed by atoms with Gasteiger partial charge in [-0.25, -0.2) is 0 Å². The third kappa shape index (κ3) is 4.85. The predicted molar refractivity (Wildman–Crippen MR) is 97.6 cm³/mol. The Labute approximate surface area is 151 Å². The van der Waals surface area contributed by atoms with Crippen molar-refractivity contribution < 1.29 is 14.6 Å². The first-order valence-corrected chi connectivity index (χ1v) is 7.75. The lowest BCUT2D eigenvalue weighted by atomic mass is 9.96. The number of aliphatic hydroxyl groups excluding tert-OH is 1. The minimum Gasteiger partial charge on any atom is -0.495 e. The summed E-state index contributed by atoms with van der Waals surface area (Å²) in [6, 6.07) is 12.9. The number of rotatable bonds is 6. The van der Waals surface area contributed by atoms with Crippen molar-refractivity contribution in [2.45, 2.75) is 18.6 Å². The Morgan fingerprint density at radius 1 is 1.09 bits per heavy atom. The summed E-state index contributed by atoms with van der Waals surface area (Å²) < 4.78 is 11.4. The lowest BCUT2D eigenvalue weighted by Gasteiger charge is -2.21. The molecule has 0 aliphatic rings. The summed E-state index contributed by atoms with van der Waals surface area (Å²) in [5.74, 6) is 1.24. The Hall–Kier alpha value is -1.27. The van der Waals surface area contributed by atoms with Crippen LogP contribution in [0.25, 0.3) is 0 Å². The predicted octanol–water partition coefficient (Wildman–Crippen LogP) is 3.49. The minimum absolute atomic E-state index is 0. The Bertz CT molecular complexity index is 599. The van der Waals surface area contributed by atoms with E-state index in [1.807, 2.05) is 42.5 Å². The molecule has 2 aromatic carbocycles. The SMILES string of the molecule is COc1cc([C@H](N)[C@H](O)Cc2ccccc2)cc(OC)c1Br.Cl. The van der Waals surface area contributed by atoms with Crippen LogP contribution in [0.2, 0.25) is 0 Å². The smallest absolute Gasteiger partial charge is 0.137 e. The summed E-state index contributed by atoms with van der Waals surface area (Å²) in [6.07, 6.45) is -0.208. The first kappa shape index (κ1) is 19.8. The van der Waals surface area contributed by atoms with E-state index < -0.39 is 12.1 Å². The van der Waals surface area contributed by atoms with Gasteiger partial charge in [0.1, 0.15) is 16.0 Å². The molecule has 4 nitrogen and oxygen atoms in total. The highest BCUT2D eigenvalue weighted by Crippen LogP contribution is 2.37. The third-order valence-corrected chi connectivity index (χ3v) is 4.34. The number of nitrogens with two attached hydrogens (primary N) is 1. The fraction of sp³-hybridized carbons (Fsp3) is 0.294. The highest BCUT2D eigenvalue weighted by Gasteiger charge is 2.20. The van der Waals surface area contributed by atoms with Crippen molar-refractivity contribution in [2.24, 2.45) is 5.73 Å². The zero-order valence-corrected chi connectivity index (χ0v) is 15.4. The van der Waals surface area contributed by atoms with Gasteiger partial charge in [-0.3, -0.25) is 0 Å². The van der Waals surface area contributed by atoms with Crippen molar-refractivity contribution in [1.82, 2.24) is 0 Å². The van der Waals surface area contributed by atoms with Crippen LogP contribution in [0.5, 0.6) is 11.5 Å². The Kier molecular flexibility index (Phi) is 7.85. The zero-order chi connectivity index (χ0) is 16.1. The molecule has 0 saturated heterocycles. The summed E-state index contributed by atoms with van der Waals surface area (Å²) in [5.41, 5.74) is 8.01. The van der Waals surface area contributed by atoms with E-state index in [9.17, 15) is 5.11 Å². The number of aliphatic hydroxyl groups is 1. The lowest BCUT2D eigenvalue weighted by molar-refractivity contribution is 0.145. The van der Waals surface area contributed by atoms with E-state index in [-0.39, 0.29) is 12.4 Å². The Morgan fingerprint density at radius 2 is 1.61 bits per heavy atom. The molecule has 2 atom stereocenters. The summed E-state index contributed by atoms with van der Waals surface area (Å²) in [7, 11) is 3.16. The largest absolute Gasteiger partial charge is 0.495 e. The molecule has 0 spiro atoms. The second-order valence-corrected chi connectivity index (χ2v) is 5.82. The van der Waals surface area contributed by atoms with Gasteiger partial charge in [0, 0.05) is 6.42 Å². The van der Waals surface area contributed by atoms with Gasteiger partial charge in [-0.15, -0.1) is 12.4 Å². The fourth-order valence-corrected chi connectivity index (χ4v) is 2.84. The molecule has 0 aromatic heterocycles. The van der Waals surface area contributed by atoms with Gasteiger partial charge >= 0.3 is 0 Å². The van der Waals surface area contributed by atoms with Gasteiger partial charge in [-0.05, 0) is 39.2 Å². The van der Waals surface area contributed by atoms with Crippen LogP contribution in [0.3, 0.4) is 0 Å². The van der Waals surface area contributed by atoms with E-state index in [1.54, 1.807) is 14.2 Å². The van der Waals surface area contributed by atoms with Crippen LogP contribution in [0.1, 0.15) is 17.2 Å². The average Bonchev–Trinajstić information content (AvgIpc) is 2.55. The van der Waals surface area contributed by atoms with Gasteiger partial charge < -0.3 is 20.3 Å². The maximum absolute atomic E-state index is 10.4. The summed E-state index contributed by atoms with van der Waals surface area (Å²) in [5, 5.41) is 10.4. The van der Waals surface area contributed by atoms with Crippen LogP contribution in [-0.4, -0.2) is 25.4 Å². The molecule has 23 heavy (non-hydrogen) atoms. The third-order valence-electron chi connectivity index (χ3n) is 3.56. The van der Waals surface area contributed by atoms with E-state index in [1.165, 1.54) is 0 Å². The van der Waals surface area contributed by atoms with Crippen LogP contribution < -0.4 is 15.2 Å². The molecule has 6 heteroatoms. The van der Waals surface area contributed by atoms with E-state index >= 15 is 0 Å². The summed E-state index contributed by atoms with van der Waals surface area (Å²) in [4.78, 5) is 0. The number of benzene rings is 2. The molecular formula is C17H21BrClNO3. The number of hydrogen-bond donors (Lipinski definition) is 2. The van der Waals surface area contributed by atoms with E-state index in [4.69, 9.17) is 15.2 Å². The average molecular weight is 403 g/mol. The van der Waals surface area contributed by atoms with Crippen molar-refractivity contribution in [2.75, 3.05) is 14.2 Å². The van der Waals surface area contributed by atoms with Crippen molar-refractivity contribution in [1.29, 1.82) is 0 Å². The monoisotopic (exact) mass is 401 g/mol. The van der Waals surface area contributed by atoms with Gasteiger partial charge in [-0.2, -0.15) is 0 Å². The van der Waals surface area contributed by atoms with Crippen LogP contribution in [0.4, 0.5) is 0 Å². The van der Waals surface area contributed by atoms with Gasteiger partial charge in [0.25, 0.3) is 0 Å². The first-order valence-electron chi connectivity index (χ1n) is 6.95. The molecule has 0 fully saturated rings. The number of ether oxygens (including phenoxy) is 2. The molecule has 0 bridgehead atoms. The lowest BCUT2D eigenvalue weighted by Crippen LogP contribution is -2.28. The quantitative estimate of drug-likeness (QED) is 0.776. The summed E-state index contributed by atoms with van der Waals surface area (Å²) >= 11 is 3.42. The van der Waals surface area contributed by atoms with Gasteiger partial charge in [-0.1, -0.05) is 30.3 Å². The highest BCUT2D eigenvalue weighted by molar-refractivity contribution is 9.10. The second-order valence-electron chi connectivity index (χ2n) is 5.02. The fourth-order valence-electron chi connectivity index (χ4n) is 2.29. The first-order chi connectivity index (χ1) is 10.6. The van der Waals surface area contributed by atoms with Gasteiger partial charge in [0.2, 0.25) is 0 Å². The maximum Gasteiger partial charge on any atom is 0.137 e. The molecular weight excluding hydrogens is 382 g/mol. The Balaban J connectivity index is 0.00000264. The normalized spacial score (nSPS) is 12.9. The van der Waals surface area contributed by atoms with Crippen molar-refractivity contribution >= 4 is 28.3 Å². The zero-order valence-electron chi connectivity index (χ0n) is 13.0. The number of halogens is 2. The van der Waals surface area contributed by atoms with Crippen LogP contribution in [0.15, 0.2) is 46.9 Å². The van der Waals surface area contributed by atoms with Gasteiger partial charge in [0.15, 0.2) is 0 Å². The molecule has 126 valence electrons. The van der Waals surface area contributed by atoms with E-state index in [2.05, 4.69) is 15.9 Å². The van der Waals surface area contributed by atoms with Crippen molar-refractivity contribution in [3.63, 3.8) is 0 Å². The highest BCUT2D eigenvalue weighted by atomic mass is 79.9. The van der Waals surface area contributed by atoms with Crippen molar-refractivity contribution in [3.8, 4) is 11.5 Å². The van der Waals surface area contributed by atoms with E-state index in [0.29, 0.717) is 17.9 Å². The molecule has 0 unspecified atom stereocenters. The molecule has 0 heterocycles. The number of hydrogen-bond acceptors (Lipinski definition) is 4. The molecule has 0 amide bonds. The topological polar surface area (TPSA) is 64.7 Å². The molecule has 2 rings (SSSR count). The standard InChI is InChI=1S/C17H20BrNO3.ClH/c1-21-14-9-12(10-15(22-2)16(14)18)17(19)13(20)8-11-6-4-3-5-7-11;/h3-7,9-10,13,17,20H,8,19H2,1-2H3;1H/t13-,17+;/m1./s1. The van der Waals surface area contributed by atoms with Crippen LogP contribution >= 0.6 is 28.3 Å². The molecule has 3 N–H and O–H groups in total. The van der Waals surface area contributed by atoms with Crippen molar-refractivity contribution in [3.05, 3.63) is 58.1 Å². The summed E-state index contributed by atoms with van der Waals surface area (Å²) in [6.45, 7) is 0. The minimum atomic E-state index is -0.696. The molecule has 0 saturated carbocycles. The van der Waals surface area contributed by atoms with E-state index in [0.717, 1.165) is 15.6 Å².